The number of aryl methyl sites for hydroxylation is 3. The van der Waals surface area contributed by atoms with Crippen molar-refractivity contribution in [3.05, 3.63) is 27.8 Å². The fourth-order valence-electron chi connectivity index (χ4n) is 2.28. The molecule has 4 heteroatoms. The second-order valence-electron chi connectivity index (χ2n) is 4.38. The minimum Gasteiger partial charge on any atom is -0.352 e. The predicted octanol–water partition coefficient (Wildman–Crippen LogP) is 3.23. The molecular formula is C14H18N2OS. The highest BCUT2D eigenvalue weighted by molar-refractivity contribution is 7.20. The van der Waals surface area contributed by atoms with Crippen molar-refractivity contribution in [2.75, 3.05) is 6.54 Å². The first kappa shape index (κ1) is 13.0. The summed E-state index contributed by atoms with van der Waals surface area (Å²) in [5, 5.41) is 4.04. The van der Waals surface area contributed by atoms with Crippen molar-refractivity contribution in [3.63, 3.8) is 0 Å². The van der Waals surface area contributed by atoms with Crippen molar-refractivity contribution in [1.29, 1.82) is 0 Å². The van der Waals surface area contributed by atoms with Crippen molar-refractivity contribution >= 4 is 27.5 Å². The number of hydrogen-bond donors (Lipinski definition) is 1. The largest absolute Gasteiger partial charge is 0.352 e. The van der Waals surface area contributed by atoms with E-state index in [1.807, 2.05) is 13.8 Å². The van der Waals surface area contributed by atoms with E-state index in [-0.39, 0.29) is 5.91 Å². The van der Waals surface area contributed by atoms with Crippen LogP contribution in [0.3, 0.4) is 0 Å². The Balaban J connectivity index is 2.68. The van der Waals surface area contributed by atoms with Crippen molar-refractivity contribution in [1.82, 2.24) is 10.3 Å². The summed E-state index contributed by atoms with van der Waals surface area (Å²) in [5.41, 5.74) is 3.35. The number of rotatable bonds is 3. The maximum atomic E-state index is 12.1. The minimum atomic E-state index is 0.0226. The van der Waals surface area contributed by atoms with E-state index in [0.717, 1.165) is 32.8 Å². The van der Waals surface area contributed by atoms with Gasteiger partial charge in [0.2, 0.25) is 0 Å². The number of fused-ring (bicyclic) bond motifs is 1. The molecule has 3 nitrogen and oxygen atoms in total. The van der Waals surface area contributed by atoms with E-state index in [4.69, 9.17) is 0 Å². The fourth-order valence-corrected chi connectivity index (χ4v) is 3.58. The molecule has 1 amide bonds. The van der Waals surface area contributed by atoms with E-state index in [0.29, 0.717) is 6.54 Å². The van der Waals surface area contributed by atoms with Crippen molar-refractivity contribution in [3.8, 4) is 0 Å². The number of nitrogens with one attached hydrogen (secondary N) is 1. The molecule has 0 aromatic carbocycles. The van der Waals surface area contributed by atoms with Gasteiger partial charge in [0.05, 0.1) is 4.88 Å². The third-order valence-electron chi connectivity index (χ3n) is 2.98. The molecule has 2 aromatic rings. The highest BCUT2D eigenvalue weighted by Gasteiger charge is 2.18. The quantitative estimate of drug-likeness (QED) is 0.922. The molecule has 0 spiro atoms. The fraction of sp³-hybridized carbons (Fsp3) is 0.429. The van der Waals surface area contributed by atoms with E-state index < -0.39 is 0 Å². The topological polar surface area (TPSA) is 42.0 Å². The normalized spacial score (nSPS) is 10.9. The van der Waals surface area contributed by atoms with Crippen LogP contribution >= 0.6 is 11.3 Å². The van der Waals surface area contributed by atoms with Crippen LogP contribution in [-0.4, -0.2) is 17.4 Å². The highest BCUT2D eigenvalue weighted by Crippen LogP contribution is 2.33. The second-order valence-corrected chi connectivity index (χ2v) is 5.38. The molecule has 0 aliphatic carbocycles. The number of thiophene rings is 1. The average molecular weight is 262 g/mol. The first-order valence-corrected chi connectivity index (χ1v) is 7.07. The summed E-state index contributed by atoms with van der Waals surface area (Å²) in [5.74, 6) is 0.0226. The smallest absolute Gasteiger partial charge is 0.261 e. The molecule has 1 N–H and O–H groups in total. The molecule has 0 fully saturated rings. The van der Waals surface area contributed by atoms with Crippen molar-refractivity contribution in [2.45, 2.75) is 34.1 Å². The van der Waals surface area contributed by atoms with Gasteiger partial charge in [-0.3, -0.25) is 4.79 Å². The maximum absolute atomic E-state index is 12.1. The number of pyridine rings is 1. The van der Waals surface area contributed by atoms with Gasteiger partial charge in [0.25, 0.3) is 5.91 Å². The van der Waals surface area contributed by atoms with Crippen LogP contribution in [-0.2, 0) is 6.42 Å². The van der Waals surface area contributed by atoms with E-state index >= 15 is 0 Å². The first-order chi connectivity index (χ1) is 8.58. The third kappa shape index (κ3) is 2.12. The summed E-state index contributed by atoms with van der Waals surface area (Å²) < 4.78 is 0. The van der Waals surface area contributed by atoms with Crippen LogP contribution in [0.4, 0.5) is 0 Å². The summed E-state index contributed by atoms with van der Waals surface area (Å²) >= 11 is 1.50. The molecule has 0 saturated carbocycles. The summed E-state index contributed by atoms with van der Waals surface area (Å²) in [6.07, 6.45) is 0.859. The van der Waals surface area contributed by atoms with Crippen molar-refractivity contribution < 1.29 is 4.79 Å². The number of aromatic nitrogens is 1. The average Bonchev–Trinajstić information content (AvgIpc) is 2.67. The zero-order chi connectivity index (χ0) is 13.3. The molecule has 96 valence electrons. The van der Waals surface area contributed by atoms with Gasteiger partial charge in [-0.2, -0.15) is 0 Å². The lowest BCUT2D eigenvalue weighted by atomic mass is 10.0. The number of amides is 1. The van der Waals surface area contributed by atoms with Gasteiger partial charge in [0, 0.05) is 17.6 Å². The minimum absolute atomic E-state index is 0.0226. The molecule has 2 rings (SSSR count). The van der Waals surface area contributed by atoms with Crippen LogP contribution < -0.4 is 5.32 Å². The van der Waals surface area contributed by atoms with Gasteiger partial charge in [-0.1, -0.05) is 6.92 Å². The molecule has 0 saturated heterocycles. The van der Waals surface area contributed by atoms with E-state index in [1.54, 1.807) is 0 Å². The van der Waals surface area contributed by atoms with Gasteiger partial charge in [-0.05, 0) is 44.4 Å². The molecule has 2 heterocycles. The second kappa shape index (κ2) is 5.06. The SMILES string of the molecule is CCNC(=O)c1sc2nc(C)cc(C)c2c1CC. The lowest BCUT2D eigenvalue weighted by Gasteiger charge is -2.03. The zero-order valence-electron chi connectivity index (χ0n) is 11.3. The summed E-state index contributed by atoms with van der Waals surface area (Å²) in [4.78, 5) is 18.4. The summed E-state index contributed by atoms with van der Waals surface area (Å²) in [6, 6.07) is 2.08. The van der Waals surface area contributed by atoms with Gasteiger partial charge in [-0.15, -0.1) is 11.3 Å². The van der Waals surface area contributed by atoms with Gasteiger partial charge in [0.1, 0.15) is 4.83 Å². The molecule has 0 unspecified atom stereocenters. The molecule has 0 atom stereocenters. The maximum Gasteiger partial charge on any atom is 0.261 e. The summed E-state index contributed by atoms with van der Waals surface area (Å²) in [7, 11) is 0. The molecular weight excluding hydrogens is 244 g/mol. The van der Waals surface area contributed by atoms with E-state index in [9.17, 15) is 4.79 Å². The molecule has 0 aliphatic heterocycles. The van der Waals surface area contributed by atoms with E-state index in [2.05, 4.69) is 30.2 Å². The lowest BCUT2D eigenvalue weighted by molar-refractivity contribution is 0.0959. The summed E-state index contributed by atoms with van der Waals surface area (Å²) in [6.45, 7) is 8.75. The monoisotopic (exact) mass is 262 g/mol. The van der Waals surface area contributed by atoms with Crippen LogP contribution in [0.2, 0.25) is 0 Å². The Hall–Kier alpha value is -1.42. The standard InChI is InChI=1S/C14H18N2OS/c1-5-10-11-8(3)7-9(4)16-14(11)18-12(10)13(17)15-6-2/h7H,5-6H2,1-4H3,(H,15,17). The van der Waals surface area contributed by atoms with Gasteiger partial charge in [-0.25, -0.2) is 4.98 Å². The molecule has 2 aromatic heterocycles. The van der Waals surface area contributed by atoms with Crippen LogP contribution in [0.15, 0.2) is 6.07 Å². The Bertz CT molecular complexity index is 601. The Kier molecular flexibility index (Phi) is 3.66. The van der Waals surface area contributed by atoms with Crippen LogP contribution in [0, 0.1) is 13.8 Å². The lowest BCUT2D eigenvalue weighted by Crippen LogP contribution is -2.22. The molecule has 0 bridgehead atoms. The van der Waals surface area contributed by atoms with Gasteiger partial charge in [0.15, 0.2) is 0 Å². The Morgan fingerprint density at radius 2 is 2.11 bits per heavy atom. The number of carbonyl (C=O) groups excluding carboxylic acids is 1. The van der Waals surface area contributed by atoms with Crippen LogP contribution in [0.1, 0.15) is 40.3 Å². The van der Waals surface area contributed by atoms with E-state index in [1.165, 1.54) is 16.9 Å². The highest BCUT2D eigenvalue weighted by atomic mass is 32.1. The van der Waals surface area contributed by atoms with Crippen LogP contribution in [0.5, 0.6) is 0 Å². The third-order valence-corrected chi connectivity index (χ3v) is 4.11. The van der Waals surface area contributed by atoms with Crippen LogP contribution in [0.25, 0.3) is 10.2 Å². The zero-order valence-corrected chi connectivity index (χ0v) is 12.1. The predicted molar refractivity (Wildman–Crippen MR) is 76.5 cm³/mol. The molecule has 0 aliphatic rings. The van der Waals surface area contributed by atoms with Crippen molar-refractivity contribution in [2.24, 2.45) is 0 Å². The number of hydrogen-bond acceptors (Lipinski definition) is 3. The Morgan fingerprint density at radius 3 is 2.72 bits per heavy atom. The Morgan fingerprint density at radius 1 is 1.39 bits per heavy atom. The first-order valence-electron chi connectivity index (χ1n) is 6.26. The molecule has 0 radical (unpaired) electrons. The van der Waals surface area contributed by atoms with Gasteiger partial charge >= 0.3 is 0 Å². The Labute approximate surface area is 111 Å². The molecule has 18 heavy (non-hydrogen) atoms. The number of nitrogens with zero attached hydrogens (tertiary/aromatic N) is 1. The number of carbonyl (C=O) groups is 1. The van der Waals surface area contributed by atoms with Gasteiger partial charge < -0.3 is 5.32 Å².